The van der Waals surface area contributed by atoms with Crippen LogP contribution >= 0.6 is 0 Å². The second kappa shape index (κ2) is 6.69. The molecule has 0 saturated carbocycles. The number of aromatic nitrogens is 2. The van der Waals surface area contributed by atoms with Crippen molar-refractivity contribution < 1.29 is 14.8 Å². The Kier molecular flexibility index (Phi) is 4.67. The smallest absolute Gasteiger partial charge is 0.286 e. The molecular weight excluding hydrogens is 338 g/mol. The van der Waals surface area contributed by atoms with E-state index in [0.717, 1.165) is 0 Å². The number of aryl methyl sites for hydroxylation is 2. The van der Waals surface area contributed by atoms with Crippen LogP contribution in [0.15, 0.2) is 18.2 Å². The Bertz CT molecular complexity index is 829. The van der Waals surface area contributed by atoms with Gasteiger partial charge < -0.3 is 0 Å². The maximum absolute atomic E-state index is 11.2. The van der Waals surface area contributed by atoms with E-state index >= 15 is 0 Å². The van der Waals surface area contributed by atoms with E-state index in [1.54, 1.807) is 19.9 Å². The second-order valence-corrected chi connectivity index (χ2v) is 4.85. The fourth-order valence-corrected chi connectivity index (χ4v) is 2.02. The summed E-state index contributed by atoms with van der Waals surface area (Å²) >= 11 is 0. The lowest BCUT2D eigenvalue weighted by atomic mass is 10.2. The highest BCUT2D eigenvalue weighted by molar-refractivity contribution is 5.77. The van der Waals surface area contributed by atoms with E-state index in [0.29, 0.717) is 23.5 Å². The molecule has 0 aliphatic heterocycles. The van der Waals surface area contributed by atoms with Crippen molar-refractivity contribution in [2.24, 2.45) is 0 Å². The summed E-state index contributed by atoms with van der Waals surface area (Å²) in [4.78, 5) is 38.3. The molecule has 0 aliphatic rings. The lowest BCUT2D eigenvalue weighted by Crippen LogP contribution is -2.15. The fourth-order valence-electron chi connectivity index (χ4n) is 2.02. The van der Waals surface area contributed by atoms with Gasteiger partial charge in [0.25, 0.3) is 5.69 Å². The van der Waals surface area contributed by atoms with Crippen LogP contribution in [-0.4, -0.2) is 24.7 Å². The van der Waals surface area contributed by atoms with Crippen molar-refractivity contribution in [3.63, 3.8) is 0 Å². The van der Waals surface area contributed by atoms with Crippen LogP contribution in [0.4, 0.5) is 28.7 Å². The highest BCUT2D eigenvalue weighted by atomic mass is 16.6. The molecule has 130 valence electrons. The summed E-state index contributed by atoms with van der Waals surface area (Å²) in [5.74, 6) is 0.0273. The van der Waals surface area contributed by atoms with Crippen LogP contribution in [0.3, 0.4) is 0 Å². The molecular formula is C12H11N7O6. The Labute approximate surface area is 139 Å². The fraction of sp³-hybridized carbons (Fsp3) is 0.167. The molecule has 2 N–H and O–H groups in total. The first-order valence-electron chi connectivity index (χ1n) is 6.64. The van der Waals surface area contributed by atoms with Gasteiger partial charge in [0.2, 0.25) is 11.6 Å². The van der Waals surface area contributed by atoms with E-state index < -0.39 is 37.5 Å². The third kappa shape index (κ3) is 3.90. The standard InChI is InChI=1S/C12H11N7O6/c1-6-3-7(2)14-12(13-6)16-15-11-9(18(22)23)4-8(17(20)21)5-10(11)19(24)25/h3-5,15H,1-2H3,(H,13,14,16). The lowest BCUT2D eigenvalue weighted by Gasteiger charge is -2.10. The number of hydrogen-bond donors (Lipinski definition) is 2. The Morgan fingerprint density at radius 2 is 1.28 bits per heavy atom. The van der Waals surface area contributed by atoms with Gasteiger partial charge in [-0.3, -0.25) is 41.2 Å². The predicted octanol–water partition coefficient (Wildman–Crippen LogP) is 2.26. The third-order valence-electron chi connectivity index (χ3n) is 2.97. The number of rotatable bonds is 6. The monoisotopic (exact) mass is 349 g/mol. The number of benzene rings is 1. The van der Waals surface area contributed by atoms with Gasteiger partial charge in [-0.1, -0.05) is 0 Å². The quantitative estimate of drug-likeness (QED) is 0.580. The summed E-state index contributed by atoms with van der Waals surface area (Å²) in [6, 6.07) is 2.93. The number of hydrazine groups is 1. The van der Waals surface area contributed by atoms with Crippen LogP contribution in [0.25, 0.3) is 0 Å². The molecule has 0 saturated heterocycles. The molecule has 0 atom stereocenters. The maximum atomic E-state index is 11.2. The zero-order valence-corrected chi connectivity index (χ0v) is 12.9. The van der Waals surface area contributed by atoms with Gasteiger partial charge in [-0.15, -0.1) is 0 Å². The van der Waals surface area contributed by atoms with Crippen LogP contribution in [0, 0.1) is 44.2 Å². The summed E-state index contributed by atoms with van der Waals surface area (Å²) < 4.78 is 0. The average molecular weight is 349 g/mol. The molecule has 0 fully saturated rings. The topological polar surface area (TPSA) is 179 Å². The molecule has 2 aromatic rings. The van der Waals surface area contributed by atoms with Gasteiger partial charge in [-0.05, 0) is 19.9 Å². The van der Waals surface area contributed by atoms with Gasteiger partial charge in [0.15, 0.2) is 0 Å². The van der Waals surface area contributed by atoms with E-state index in [2.05, 4.69) is 20.8 Å². The molecule has 0 amide bonds. The minimum absolute atomic E-state index is 0.0273. The van der Waals surface area contributed by atoms with E-state index in [4.69, 9.17) is 0 Å². The molecule has 0 spiro atoms. The summed E-state index contributed by atoms with van der Waals surface area (Å²) in [5.41, 5.74) is 2.94. The molecule has 13 heteroatoms. The van der Waals surface area contributed by atoms with Crippen molar-refractivity contribution in [1.29, 1.82) is 0 Å². The molecule has 0 unspecified atom stereocenters. The summed E-state index contributed by atoms with van der Waals surface area (Å²) in [6.07, 6.45) is 0. The van der Waals surface area contributed by atoms with E-state index in [1.165, 1.54) is 0 Å². The van der Waals surface area contributed by atoms with Crippen molar-refractivity contribution in [3.05, 3.63) is 59.9 Å². The molecule has 2 rings (SSSR count). The first-order chi connectivity index (χ1) is 11.7. The molecule has 0 aliphatic carbocycles. The molecule has 13 nitrogen and oxygen atoms in total. The molecule has 0 bridgehead atoms. The van der Waals surface area contributed by atoms with Crippen LogP contribution in [-0.2, 0) is 0 Å². The van der Waals surface area contributed by atoms with E-state index in [1.807, 2.05) is 0 Å². The molecule has 25 heavy (non-hydrogen) atoms. The van der Waals surface area contributed by atoms with Crippen molar-refractivity contribution in [2.45, 2.75) is 13.8 Å². The van der Waals surface area contributed by atoms with E-state index in [-0.39, 0.29) is 5.95 Å². The normalized spacial score (nSPS) is 10.2. The molecule has 1 heterocycles. The maximum Gasteiger partial charge on any atom is 0.308 e. The highest BCUT2D eigenvalue weighted by Crippen LogP contribution is 2.38. The minimum atomic E-state index is -0.966. The Balaban J connectivity index is 2.49. The van der Waals surface area contributed by atoms with Gasteiger partial charge >= 0.3 is 11.4 Å². The average Bonchev–Trinajstić information content (AvgIpc) is 2.50. The Hall–Kier alpha value is -3.90. The first kappa shape index (κ1) is 17.5. The number of anilines is 2. The number of non-ortho nitro benzene ring substituents is 1. The summed E-state index contributed by atoms with van der Waals surface area (Å²) in [6.45, 7) is 3.38. The zero-order valence-electron chi connectivity index (χ0n) is 12.9. The Morgan fingerprint density at radius 1 is 0.800 bits per heavy atom. The summed E-state index contributed by atoms with van der Waals surface area (Å²) in [7, 11) is 0. The van der Waals surface area contributed by atoms with Crippen molar-refractivity contribution in [2.75, 3.05) is 10.9 Å². The number of nitrogens with zero attached hydrogens (tertiary/aromatic N) is 5. The van der Waals surface area contributed by atoms with Crippen molar-refractivity contribution in [1.82, 2.24) is 9.97 Å². The first-order valence-corrected chi connectivity index (χ1v) is 6.64. The molecule has 1 aromatic carbocycles. The zero-order chi connectivity index (χ0) is 18.7. The van der Waals surface area contributed by atoms with Gasteiger partial charge in [-0.2, -0.15) is 0 Å². The van der Waals surface area contributed by atoms with Crippen molar-refractivity contribution >= 4 is 28.7 Å². The SMILES string of the molecule is Cc1cc(C)nc(NNc2c([N+](=O)[O-])cc([N+](=O)[O-])cc2[N+](=O)[O-])n1. The van der Waals surface area contributed by atoms with Crippen LogP contribution in [0.2, 0.25) is 0 Å². The second-order valence-electron chi connectivity index (χ2n) is 4.85. The lowest BCUT2D eigenvalue weighted by molar-refractivity contribution is -0.401. The Morgan fingerprint density at radius 3 is 1.68 bits per heavy atom. The van der Waals surface area contributed by atoms with E-state index in [9.17, 15) is 30.3 Å². The number of nitrogens with one attached hydrogen (secondary N) is 2. The minimum Gasteiger partial charge on any atom is -0.286 e. The molecule has 1 aromatic heterocycles. The van der Waals surface area contributed by atoms with Crippen molar-refractivity contribution in [3.8, 4) is 0 Å². The van der Waals surface area contributed by atoms with Gasteiger partial charge in [-0.25, -0.2) is 9.97 Å². The van der Waals surface area contributed by atoms with Gasteiger partial charge in [0.05, 0.1) is 26.9 Å². The third-order valence-corrected chi connectivity index (χ3v) is 2.97. The van der Waals surface area contributed by atoms with Crippen LogP contribution in [0.5, 0.6) is 0 Å². The number of nitro benzene ring substituents is 3. The largest absolute Gasteiger partial charge is 0.308 e. The summed E-state index contributed by atoms with van der Waals surface area (Å²) in [5, 5.41) is 33.1. The highest BCUT2D eigenvalue weighted by Gasteiger charge is 2.30. The van der Waals surface area contributed by atoms with Gasteiger partial charge in [0, 0.05) is 11.4 Å². The van der Waals surface area contributed by atoms with Gasteiger partial charge in [0.1, 0.15) is 0 Å². The van der Waals surface area contributed by atoms with Crippen LogP contribution in [0.1, 0.15) is 11.4 Å². The number of hydrogen-bond acceptors (Lipinski definition) is 10. The predicted molar refractivity (Wildman–Crippen MR) is 85.2 cm³/mol. The van der Waals surface area contributed by atoms with Crippen LogP contribution < -0.4 is 10.9 Å². The number of nitro groups is 3. The molecule has 0 radical (unpaired) electrons.